The highest BCUT2D eigenvalue weighted by Gasteiger charge is 2.07. The maximum absolute atomic E-state index is 10.1. The number of rotatable bonds is 8. The van der Waals surface area contributed by atoms with Crippen molar-refractivity contribution in [1.82, 2.24) is 9.97 Å². The van der Waals surface area contributed by atoms with Gasteiger partial charge in [0, 0.05) is 32.1 Å². The molecule has 0 radical (unpaired) electrons. The number of hydrogen-bond donors (Lipinski definition) is 1. The summed E-state index contributed by atoms with van der Waals surface area (Å²) in [6, 6.07) is 17.7. The van der Waals surface area contributed by atoms with E-state index in [4.69, 9.17) is 4.74 Å². The van der Waals surface area contributed by atoms with Crippen molar-refractivity contribution in [3.05, 3.63) is 72.6 Å². The van der Waals surface area contributed by atoms with Crippen molar-refractivity contribution in [2.24, 2.45) is 0 Å². The summed E-state index contributed by atoms with van der Waals surface area (Å²) in [5, 5.41) is 10.1. The lowest BCUT2D eigenvalue weighted by molar-refractivity contribution is 0.100. The van der Waals surface area contributed by atoms with Crippen LogP contribution < -0.4 is 9.64 Å². The number of aliphatic hydroxyl groups excluding tert-OH is 1. The molecule has 5 nitrogen and oxygen atoms in total. The predicted molar refractivity (Wildman–Crippen MR) is 108 cm³/mol. The van der Waals surface area contributed by atoms with Gasteiger partial charge in [-0.1, -0.05) is 12.1 Å². The molecule has 0 saturated heterocycles. The molecule has 0 fully saturated rings. The number of benzene rings is 1. The SMILES string of the molecule is CN(C)c1cccc(-c2ccc(OCC(O)CCc3cccnc3)cc2)n1. The van der Waals surface area contributed by atoms with E-state index in [-0.39, 0.29) is 6.61 Å². The maximum Gasteiger partial charge on any atom is 0.128 e. The molecule has 0 aliphatic rings. The maximum atomic E-state index is 10.1. The van der Waals surface area contributed by atoms with Crippen LogP contribution >= 0.6 is 0 Å². The standard InChI is InChI=1S/C22H25N3O2/c1-25(2)22-7-3-6-21(24-22)18-9-12-20(13-10-18)27-16-19(26)11-8-17-5-4-14-23-15-17/h3-7,9-10,12-15,19,26H,8,11,16H2,1-2H3. The smallest absolute Gasteiger partial charge is 0.128 e. The molecule has 5 heteroatoms. The normalized spacial score (nSPS) is 11.8. The predicted octanol–water partition coefficient (Wildman–Crippen LogP) is 3.58. The molecule has 140 valence electrons. The monoisotopic (exact) mass is 363 g/mol. The molecule has 0 amide bonds. The van der Waals surface area contributed by atoms with Gasteiger partial charge in [-0.3, -0.25) is 4.98 Å². The fourth-order valence-electron chi connectivity index (χ4n) is 2.71. The van der Waals surface area contributed by atoms with Crippen LogP contribution in [0.15, 0.2) is 67.0 Å². The van der Waals surface area contributed by atoms with Gasteiger partial charge in [-0.2, -0.15) is 0 Å². The van der Waals surface area contributed by atoms with Gasteiger partial charge in [0.1, 0.15) is 18.2 Å². The molecule has 0 aliphatic heterocycles. The topological polar surface area (TPSA) is 58.5 Å². The number of pyridine rings is 2. The summed E-state index contributed by atoms with van der Waals surface area (Å²) in [5.74, 6) is 1.66. The summed E-state index contributed by atoms with van der Waals surface area (Å²) >= 11 is 0. The molecule has 1 N–H and O–H groups in total. The molecule has 3 rings (SSSR count). The second kappa shape index (κ2) is 9.14. The molecular formula is C22H25N3O2. The molecule has 0 spiro atoms. The molecule has 0 saturated carbocycles. The molecule has 3 aromatic rings. The summed E-state index contributed by atoms with van der Waals surface area (Å²) in [4.78, 5) is 10.7. The number of aryl methyl sites for hydroxylation is 1. The first-order valence-corrected chi connectivity index (χ1v) is 9.06. The Hall–Kier alpha value is -2.92. The Kier molecular flexibility index (Phi) is 6.39. The largest absolute Gasteiger partial charge is 0.491 e. The van der Waals surface area contributed by atoms with Crippen LogP contribution in [0.25, 0.3) is 11.3 Å². The summed E-state index contributed by atoms with van der Waals surface area (Å²) in [5.41, 5.74) is 3.07. The molecule has 1 aromatic carbocycles. The van der Waals surface area contributed by atoms with Gasteiger partial charge in [0.2, 0.25) is 0 Å². The van der Waals surface area contributed by atoms with E-state index in [0.717, 1.165) is 34.8 Å². The zero-order valence-corrected chi connectivity index (χ0v) is 15.7. The fraction of sp³-hybridized carbons (Fsp3) is 0.273. The Bertz CT molecular complexity index is 836. The van der Waals surface area contributed by atoms with Gasteiger partial charge in [-0.25, -0.2) is 4.98 Å². The van der Waals surface area contributed by atoms with Crippen LogP contribution in [-0.4, -0.2) is 41.9 Å². The Balaban J connectivity index is 1.52. The third kappa shape index (κ3) is 5.53. The van der Waals surface area contributed by atoms with E-state index < -0.39 is 6.10 Å². The highest BCUT2D eigenvalue weighted by Crippen LogP contribution is 2.23. The first-order chi connectivity index (χ1) is 13.1. The van der Waals surface area contributed by atoms with Gasteiger partial charge < -0.3 is 14.7 Å². The van der Waals surface area contributed by atoms with Crippen molar-refractivity contribution in [1.29, 1.82) is 0 Å². The van der Waals surface area contributed by atoms with E-state index in [2.05, 4.69) is 9.97 Å². The van der Waals surface area contributed by atoms with Gasteiger partial charge in [0.05, 0.1) is 11.8 Å². The third-order valence-corrected chi connectivity index (χ3v) is 4.27. The molecule has 0 aliphatic carbocycles. The van der Waals surface area contributed by atoms with E-state index >= 15 is 0 Å². The molecule has 1 unspecified atom stereocenters. The van der Waals surface area contributed by atoms with Crippen LogP contribution in [0.2, 0.25) is 0 Å². The Morgan fingerprint density at radius 2 is 1.85 bits per heavy atom. The van der Waals surface area contributed by atoms with Gasteiger partial charge in [-0.05, 0) is 60.9 Å². The van der Waals surface area contributed by atoms with Crippen molar-refractivity contribution >= 4 is 5.82 Å². The van der Waals surface area contributed by atoms with Crippen molar-refractivity contribution in [3.63, 3.8) is 0 Å². The van der Waals surface area contributed by atoms with Crippen molar-refractivity contribution < 1.29 is 9.84 Å². The number of anilines is 1. The Morgan fingerprint density at radius 3 is 2.56 bits per heavy atom. The summed E-state index contributed by atoms with van der Waals surface area (Å²) in [6.07, 6.45) is 4.49. The number of hydrogen-bond acceptors (Lipinski definition) is 5. The zero-order valence-electron chi connectivity index (χ0n) is 15.7. The van der Waals surface area contributed by atoms with E-state index in [1.54, 1.807) is 6.20 Å². The third-order valence-electron chi connectivity index (χ3n) is 4.27. The Morgan fingerprint density at radius 1 is 1.04 bits per heavy atom. The van der Waals surface area contributed by atoms with Gasteiger partial charge >= 0.3 is 0 Å². The molecule has 27 heavy (non-hydrogen) atoms. The summed E-state index contributed by atoms with van der Waals surface area (Å²) in [6.45, 7) is 0.272. The lowest BCUT2D eigenvalue weighted by Crippen LogP contribution is -2.18. The fourth-order valence-corrected chi connectivity index (χ4v) is 2.71. The van der Waals surface area contributed by atoms with Crippen LogP contribution in [-0.2, 0) is 6.42 Å². The quantitative estimate of drug-likeness (QED) is 0.663. The van der Waals surface area contributed by atoms with E-state index in [0.29, 0.717) is 6.42 Å². The first-order valence-electron chi connectivity index (χ1n) is 9.06. The molecule has 2 heterocycles. The number of ether oxygens (including phenoxy) is 1. The Labute approximate surface area is 160 Å². The minimum Gasteiger partial charge on any atom is -0.491 e. The molecule has 1 atom stereocenters. The van der Waals surface area contributed by atoms with Gasteiger partial charge in [0.15, 0.2) is 0 Å². The van der Waals surface area contributed by atoms with Crippen LogP contribution in [0.4, 0.5) is 5.82 Å². The minimum absolute atomic E-state index is 0.272. The molecular weight excluding hydrogens is 338 g/mol. The van der Waals surface area contributed by atoms with Crippen LogP contribution in [0.1, 0.15) is 12.0 Å². The highest BCUT2D eigenvalue weighted by atomic mass is 16.5. The highest BCUT2D eigenvalue weighted by molar-refractivity contribution is 5.62. The summed E-state index contributed by atoms with van der Waals surface area (Å²) < 4.78 is 5.71. The molecule has 0 bridgehead atoms. The van der Waals surface area contributed by atoms with Crippen molar-refractivity contribution in [2.75, 3.05) is 25.6 Å². The average Bonchev–Trinajstić information content (AvgIpc) is 2.72. The van der Waals surface area contributed by atoms with Crippen LogP contribution in [0.5, 0.6) is 5.75 Å². The number of nitrogens with zero attached hydrogens (tertiary/aromatic N) is 3. The van der Waals surface area contributed by atoms with Gasteiger partial charge in [-0.15, -0.1) is 0 Å². The second-order valence-electron chi connectivity index (χ2n) is 6.66. The van der Waals surface area contributed by atoms with Crippen molar-refractivity contribution in [3.8, 4) is 17.0 Å². The average molecular weight is 363 g/mol. The van der Waals surface area contributed by atoms with Crippen molar-refractivity contribution in [2.45, 2.75) is 18.9 Å². The number of aromatic nitrogens is 2. The lowest BCUT2D eigenvalue weighted by atomic mass is 10.1. The lowest BCUT2D eigenvalue weighted by Gasteiger charge is -2.14. The van der Waals surface area contributed by atoms with E-state index in [1.807, 2.05) is 79.8 Å². The van der Waals surface area contributed by atoms with E-state index in [1.165, 1.54) is 0 Å². The summed E-state index contributed by atoms with van der Waals surface area (Å²) in [7, 11) is 3.95. The number of aliphatic hydroxyl groups is 1. The van der Waals surface area contributed by atoms with Crippen LogP contribution in [0, 0.1) is 0 Å². The minimum atomic E-state index is -0.511. The first kappa shape index (κ1) is 18.9. The van der Waals surface area contributed by atoms with E-state index in [9.17, 15) is 5.11 Å². The second-order valence-corrected chi connectivity index (χ2v) is 6.66. The van der Waals surface area contributed by atoms with Crippen LogP contribution in [0.3, 0.4) is 0 Å². The zero-order chi connectivity index (χ0) is 19.1. The van der Waals surface area contributed by atoms with Gasteiger partial charge in [0.25, 0.3) is 0 Å². The molecule has 2 aromatic heterocycles.